The molecule has 0 aliphatic rings. The van der Waals surface area contributed by atoms with Crippen LogP contribution in [0.2, 0.25) is 5.02 Å². The molecule has 6 nitrogen and oxygen atoms in total. The molecule has 4 rings (SSSR count). The molecule has 1 heterocycles. The lowest BCUT2D eigenvalue weighted by atomic mass is 9.92. The minimum absolute atomic E-state index is 0.125. The van der Waals surface area contributed by atoms with Gasteiger partial charge in [-0.25, -0.2) is 4.68 Å². The van der Waals surface area contributed by atoms with Crippen LogP contribution in [0.15, 0.2) is 84.9 Å². The molecule has 0 fully saturated rings. The lowest BCUT2D eigenvalue weighted by molar-refractivity contribution is -0.117. The number of benzene rings is 3. The van der Waals surface area contributed by atoms with Crippen LogP contribution >= 0.6 is 11.6 Å². The first-order valence-corrected chi connectivity index (χ1v) is 12.5. The Kier molecular flexibility index (Phi) is 7.79. The van der Waals surface area contributed by atoms with Crippen molar-refractivity contribution in [1.82, 2.24) is 14.7 Å². The molecule has 3 aromatic carbocycles. The summed E-state index contributed by atoms with van der Waals surface area (Å²) in [5.74, 6) is -0.0116. The van der Waals surface area contributed by atoms with Crippen LogP contribution in [-0.4, -0.2) is 33.0 Å². The number of hydrogen-bond acceptors (Lipinski definition) is 3. The standard InChI is InChI=1S/C30H31ClN4O2/c1-21-10-16-25(17-11-21)35-27(18-26(33-35)30(2,3)4)32-28(36)20-34(19-22-8-6-5-7-9-22)29(37)23-12-14-24(31)15-13-23/h5-18H,19-20H2,1-4H3,(H,32,36). The van der Waals surface area contributed by atoms with Crippen molar-refractivity contribution in [1.29, 1.82) is 0 Å². The largest absolute Gasteiger partial charge is 0.325 e. The quantitative estimate of drug-likeness (QED) is 0.310. The van der Waals surface area contributed by atoms with E-state index < -0.39 is 0 Å². The van der Waals surface area contributed by atoms with Gasteiger partial charge in [-0.05, 0) is 48.9 Å². The number of aryl methyl sites for hydroxylation is 1. The Labute approximate surface area is 222 Å². The second-order valence-corrected chi connectivity index (χ2v) is 10.6. The molecule has 1 aromatic heterocycles. The van der Waals surface area contributed by atoms with Crippen LogP contribution < -0.4 is 5.32 Å². The van der Waals surface area contributed by atoms with E-state index in [1.807, 2.05) is 67.6 Å². The van der Waals surface area contributed by atoms with Gasteiger partial charge in [0.1, 0.15) is 12.4 Å². The fraction of sp³-hybridized carbons (Fsp3) is 0.233. The van der Waals surface area contributed by atoms with Gasteiger partial charge in [0, 0.05) is 28.6 Å². The number of halogens is 1. The fourth-order valence-corrected chi connectivity index (χ4v) is 3.98. The highest BCUT2D eigenvalue weighted by molar-refractivity contribution is 6.30. The average molecular weight is 515 g/mol. The molecule has 4 aromatic rings. The number of carbonyl (C=O) groups excluding carboxylic acids is 2. The van der Waals surface area contributed by atoms with Crippen LogP contribution in [-0.2, 0) is 16.8 Å². The summed E-state index contributed by atoms with van der Waals surface area (Å²) in [6.45, 7) is 8.42. The number of carbonyl (C=O) groups is 2. The molecule has 0 spiro atoms. The van der Waals surface area contributed by atoms with E-state index in [4.69, 9.17) is 16.7 Å². The average Bonchev–Trinajstić information content (AvgIpc) is 3.29. The van der Waals surface area contributed by atoms with Gasteiger partial charge in [-0.1, -0.05) is 80.4 Å². The predicted octanol–water partition coefficient (Wildman–Crippen LogP) is 6.41. The van der Waals surface area contributed by atoms with E-state index in [-0.39, 0.29) is 23.8 Å². The lowest BCUT2D eigenvalue weighted by Crippen LogP contribution is -2.37. The van der Waals surface area contributed by atoms with E-state index in [1.54, 1.807) is 28.9 Å². The van der Waals surface area contributed by atoms with Crippen LogP contribution in [0.4, 0.5) is 5.82 Å². The summed E-state index contributed by atoms with van der Waals surface area (Å²) in [5.41, 5.74) is 4.01. The molecule has 0 unspecified atom stereocenters. The number of anilines is 1. The van der Waals surface area contributed by atoms with Gasteiger partial charge in [0.25, 0.3) is 5.91 Å². The van der Waals surface area contributed by atoms with Crippen molar-refractivity contribution in [3.05, 3.63) is 112 Å². The molecule has 1 N–H and O–H groups in total. The lowest BCUT2D eigenvalue weighted by Gasteiger charge is -2.23. The SMILES string of the molecule is Cc1ccc(-n2nc(C(C)(C)C)cc2NC(=O)CN(Cc2ccccc2)C(=O)c2ccc(Cl)cc2)cc1. The molecule has 0 aliphatic carbocycles. The molecule has 0 atom stereocenters. The summed E-state index contributed by atoms with van der Waals surface area (Å²) in [4.78, 5) is 28.3. The van der Waals surface area contributed by atoms with Gasteiger partial charge in [0.05, 0.1) is 11.4 Å². The molecule has 0 aliphatic heterocycles. The summed E-state index contributed by atoms with van der Waals surface area (Å²) in [5, 5.41) is 8.32. The molecule has 37 heavy (non-hydrogen) atoms. The van der Waals surface area contributed by atoms with Crippen molar-refractivity contribution in [2.45, 2.75) is 39.7 Å². The zero-order valence-electron chi connectivity index (χ0n) is 21.5. The first-order chi connectivity index (χ1) is 17.6. The van der Waals surface area contributed by atoms with Crippen LogP contribution in [0.5, 0.6) is 0 Å². The Balaban J connectivity index is 1.61. The number of nitrogens with one attached hydrogen (secondary N) is 1. The molecule has 190 valence electrons. The van der Waals surface area contributed by atoms with Crippen molar-refractivity contribution in [2.24, 2.45) is 0 Å². The fourth-order valence-electron chi connectivity index (χ4n) is 3.85. The number of amides is 2. The molecule has 2 amide bonds. The minimum atomic E-state index is -0.313. The van der Waals surface area contributed by atoms with Crippen LogP contribution in [0, 0.1) is 6.92 Å². The highest BCUT2D eigenvalue weighted by Crippen LogP contribution is 2.26. The van der Waals surface area contributed by atoms with Gasteiger partial charge < -0.3 is 10.2 Å². The van der Waals surface area contributed by atoms with Crippen LogP contribution in [0.1, 0.15) is 48.0 Å². The summed E-state index contributed by atoms with van der Waals surface area (Å²) in [7, 11) is 0. The third kappa shape index (κ3) is 6.66. The summed E-state index contributed by atoms with van der Waals surface area (Å²) in [6.07, 6.45) is 0. The van der Waals surface area contributed by atoms with E-state index >= 15 is 0 Å². The normalized spacial score (nSPS) is 11.3. The monoisotopic (exact) mass is 514 g/mol. The van der Waals surface area contributed by atoms with Gasteiger partial charge in [0.15, 0.2) is 0 Å². The van der Waals surface area contributed by atoms with Crippen molar-refractivity contribution in [3.63, 3.8) is 0 Å². The Morgan fingerprint density at radius 2 is 1.59 bits per heavy atom. The van der Waals surface area contributed by atoms with E-state index in [0.717, 1.165) is 22.5 Å². The van der Waals surface area contributed by atoms with Crippen molar-refractivity contribution < 1.29 is 9.59 Å². The van der Waals surface area contributed by atoms with E-state index in [2.05, 4.69) is 26.1 Å². The first kappa shape index (κ1) is 26.2. The Bertz CT molecular complexity index is 1370. The molecule has 0 bridgehead atoms. The predicted molar refractivity (Wildman–Crippen MR) is 148 cm³/mol. The maximum Gasteiger partial charge on any atom is 0.254 e. The first-order valence-electron chi connectivity index (χ1n) is 12.2. The summed E-state index contributed by atoms with van der Waals surface area (Å²) >= 11 is 6.01. The number of rotatable bonds is 7. The van der Waals surface area contributed by atoms with Gasteiger partial charge in [-0.3, -0.25) is 9.59 Å². The van der Waals surface area contributed by atoms with Crippen LogP contribution in [0.25, 0.3) is 5.69 Å². The zero-order chi connectivity index (χ0) is 26.6. The number of nitrogens with zero attached hydrogens (tertiary/aromatic N) is 3. The second-order valence-electron chi connectivity index (χ2n) is 10.1. The third-order valence-electron chi connectivity index (χ3n) is 5.95. The highest BCUT2D eigenvalue weighted by Gasteiger charge is 2.24. The number of hydrogen-bond donors (Lipinski definition) is 1. The van der Waals surface area contributed by atoms with Gasteiger partial charge in [-0.15, -0.1) is 0 Å². The molecule has 0 saturated heterocycles. The highest BCUT2D eigenvalue weighted by atomic mass is 35.5. The Morgan fingerprint density at radius 3 is 2.22 bits per heavy atom. The topological polar surface area (TPSA) is 67.2 Å². The number of aromatic nitrogens is 2. The third-order valence-corrected chi connectivity index (χ3v) is 6.20. The van der Waals surface area contributed by atoms with Crippen molar-refractivity contribution in [3.8, 4) is 5.69 Å². The van der Waals surface area contributed by atoms with Gasteiger partial charge in [0.2, 0.25) is 5.91 Å². The van der Waals surface area contributed by atoms with Crippen molar-refractivity contribution >= 4 is 29.2 Å². The molecular weight excluding hydrogens is 484 g/mol. The molecule has 7 heteroatoms. The zero-order valence-corrected chi connectivity index (χ0v) is 22.3. The van der Waals surface area contributed by atoms with Crippen molar-refractivity contribution in [2.75, 3.05) is 11.9 Å². The molecule has 0 radical (unpaired) electrons. The molecule has 0 saturated carbocycles. The van der Waals surface area contributed by atoms with Gasteiger partial charge >= 0.3 is 0 Å². The van der Waals surface area contributed by atoms with Gasteiger partial charge in [-0.2, -0.15) is 5.10 Å². The summed E-state index contributed by atoms with van der Waals surface area (Å²) < 4.78 is 1.74. The minimum Gasteiger partial charge on any atom is -0.325 e. The maximum atomic E-state index is 13.4. The van der Waals surface area contributed by atoms with E-state index in [9.17, 15) is 9.59 Å². The summed E-state index contributed by atoms with van der Waals surface area (Å²) in [6, 6.07) is 26.1. The Morgan fingerprint density at radius 1 is 0.946 bits per heavy atom. The van der Waals surface area contributed by atoms with E-state index in [0.29, 0.717) is 22.9 Å². The maximum absolute atomic E-state index is 13.4. The Hall–Kier alpha value is -3.90. The van der Waals surface area contributed by atoms with E-state index in [1.165, 1.54) is 4.90 Å². The second kappa shape index (κ2) is 11.0. The van der Waals surface area contributed by atoms with Crippen LogP contribution in [0.3, 0.4) is 0 Å². The molecular formula is C30H31ClN4O2. The smallest absolute Gasteiger partial charge is 0.254 e.